The summed E-state index contributed by atoms with van der Waals surface area (Å²) in [5.41, 5.74) is -1.15. The summed E-state index contributed by atoms with van der Waals surface area (Å²) in [6.07, 6.45) is 3.49. The number of aliphatic carboxylic acids is 1. The van der Waals surface area contributed by atoms with Gasteiger partial charge < -0.3 is 14.9 Å². The van der Waals surface area contributed by atoms with Gasteiger partial charge in [0.1, 0.15) is 22.4 Å². The monoisotopic (exact) mass is 360 g/mol. The van der Waals surface area contributed by atoms with Crippen LogP contribution in [0.3, 0.4) is 0 Å². The second-order valence-electron chi connectivity index (χ2n) is 6.65. The standard InChI is InChI=1S/C17H20N4O3S/c1-2-11-9-12-13(18-10-19-14(12)25-11)20-5-7-21(8-6-20)15(22)17(3-4-17)16(23)24/h9-10H,2-8H2,1H3,(H,23,24). The van der Waals surface area contributed by atoms with E-state index in [1.165, 1.54) is 4.88 Å². The molecule has 1 amide bonds. The Morgan fingerprint density at radius 1 is 1.24 bits per heavy atom. The Morgan fingerprint density at radius 2 is 1.96 bits per heavy atom. The number of aryl methyl sites for hydroxylation is 1. The number of nitrogens with zero attached hydrogens (tertiary/aromatic N) is 4. The van der Waals surface area contributed by atoms with E-state index in [1.54, 1.807) is 22.6 Å². The first kappa shape index (κ1) is 16.3. The summed E-state index contributed by atoms with van der Waals surface area (Å²) in [6, 6.07) is 2.15. The largest absolute Gasteiger partial charge is 0.480 e. The molecule has 2 aromatic rings. The molecule has 4 rings (SSSR count). The molecule has 1 N–H and O–H groups in total. The summed E-state index contributed by atoms with van der Waals surface area (Å²) in [5.74, 6) is -0.300. The lowest BCUT2D eigenvalue weighted by atomic mass is 10.1. The van der Waals surface area contributed by atoms with E-state index in [0.29, 0.717) is 39.0 Å². The van der Waals surface area contributed by atoms with Gasteiger partial charge in [-0.1, -0.05) is 6.92 Å². The van der Waals surface area contributed by atoms with Crippen LogP contribution < -0.4 is 4.90 Å². The number of hydrogen-bond acceptors (Lipinski definition) is 6. The summed E-state index contributed by atoms with van der Waals surface area (Å²) < 4.78 is 0. The summed E-state index contributed by atoms with van der Waals surface area (Å²) >= 11 is 1.69. The molecule has 0 radical (unpaired) electrons. The predicted molar refractivity (Wildman–Crippen MR) is 94.9 cm³/mol. The number of piperazine rings is 1. The van der Waals surface area contributed by atoms with Crippen molar-refractivity contribution in [2.45, 2.75) is 26.2 Å². The number of carbonyl (C=O) groups excluding carboxylic acids is 1. The molecule has 0 spiro atoms. The zero-order chi connectivity index (χ0) is 17.6. The van der Waals surface area contributed by atoms with Crippen LogP contribution >= 0.6 is 11.3 Å². The second kappa shape index (κ2) is 5.94. The van der Waals surface area contributed by atoms with E-state index in [0.717, 1.165) is 22.5 Å². The quantitative estimate of drug-likeness (QED) is 0.836. The number of aromatic nitrogens is 2. The number of carboxylic acid groups (broad SMARTS) is 1. The highest BCUT2D eigenvalue weighted by Gasteiger charge is 2.58. The molecule has 1 aliphatic carbocycles. The van der Waals surface area contributed by atoms with E-state index in [2.05, 4.69) is 27.9 Å². The van der Waals surface area contributed by atoms with Crippen LogP contribution in [-0.2, 0) is 16.0 Å². The van der Waals surface area contributed by atoms with Crippen molar-refractivity contribution in [2.75, 3.05) is 31.1 Å². The second-order valence-corrected chi connectivity index (χ2v) is 7.76. The van der Waals surface area contributed by atoms with Crippen molar-refractivity contribution < 1.29 is 14.7 Å². The molecule has 2 aliphatic rings. The van der Waals surface area contributed by atoms with E-state index in [1.807, 2.05) is 0 Å². The Hall–Kier alpha value is -2.22. The van der Waals surface area contributed by atoms with E-state index < -0.39 is 11.4 Å². The minimum Gasteiger partial charge on any atom is -0.480 e. The van der Waals surface area contributed by atoms with Crippen LogP contribution in [0.1, 0.15) is 24.6 Å². The van der Waals surface area contributed by atoms with Gasteiger partial charge in [0.2, 0.25) is 5.91 Å². The number of carboxylic acids is 1. The third-order valence-electron chi connectivity index (χ3n) is 5.14. The molecule has 132 valence electrons. The molecule has 1 aliphatic heterocycles. The van der Waals surface area contributed by atoms with Gasteiger partial charge in [-0.25, -0.2) is 9.97 Å². The summed E-state index contributed by atoms with van der Waals surface area (Å²) in [5, 5.41) is 10.4. The minimum atomic E-state index is -1.15. The van der Waals surface area contributed by atoms with Gasteiger partial charge in [0.25, 0.3) is 0 Å². The van der Waals surface area contributed by atoms with Crippen LogP contribution in [0, 0.1) is 5.41 Å². The van der Waals surface area contributed by atoms with Gasteiger partial charge >= 0.3 is 5.97 Å². The van der Waals surface area contributed by atoms with Crippen LogP contribution in [-0.4, -0.2) is 58.0 Å². The first-order valence-electron chi connectivity index (χ1n) is 8.56. The molecule has 0 bridgehead atoms. The normalized spacial score (nSPS) is 19.2. The van der Waals surface area contributed by atoms with E-state index in [-0.39, 0.29) is 5.91 Å². The zero-order valence-corrected chi connectivity index (χ0v) is 14.9. The predicted octanol–water partition coefficient (Wildman–Crippen LogP) is 1.77. The van der Waals surface area contributed by atoms with Crippen molar-refractivity contribution in [3.8, 4) is 0 Å². The van der Waals surface area contributed by atoms with Gasteiger partial charge in [0.15, 0.2) is 0 Å². The molecule has 7 nitrogen and oxygen atoms in total. The van der Waals surface area contributed by atoms with Crippen LogP contribution in [0.4, 0.5) is 5.82 Å². The Bertz CT molecular complexity index is 838. The molecule has 1 saturated carbocycles. The van der Waals surface area contributed by atoms with Gasteiger partial charge in [0.05, 0.1) is 5.39 Å². The lowest BCUT2D eigenvalue weighted by molar-refractivity contribution is -0.153. The van der Waals surface area contributed by atoms with Crippen molar-refractivity contribution in [3.63, 3.8) is 0 Å². The van der Waals surface area contributed by atoms with Gasteiger partial charge in [-0.3, -0.25) is 9.59 Å². The highest BCUT2D eigenvalue weighted by Crippen LogP contribution is 2.47. The number of rotatable bonds is 4. The highest BCUT2D eigenvalue weighted by molar-refractivity contribution is 7.18. The Labute approximate surface area is 149 Å². The van der Waals surface area contributed by atoms with Crippen molar-refractivity contribution in [1.82, 2.24) is 14.9 Å². The fraction of sp³-hybridized carbons (Fsp3) is 0.529. The van der Waals surface area contributed by atoms with Crippen molar-refractivity contribution in [3.05, 3.63) is 17.3 Å². The molecule has 8 heteroatoms. The first-order valence-corrected chi connectivity index (χ1v) is 9.38. The molecule has 2 aromatic heterocycles. The number of hydrogen-bond donors (Lipinski definition) is 1. The molecule has 1 saturated heterocycles. The maximum Gasteiger partial charge on any atom is 0.319 e. The van der Waals surface area contributed by atoms with E-state index in [9.17, 15) is 14.7 Å². The molecule has 2 fully saturated rings. The summed E-state index contributed by atoms with van der Waals surface area (Å²) in [6.45, 7) is 4.50. The van der Waals surface area contributed by atoms with Crippen LogP contribution in [0.2, 0.25) is 0 Å². The van der Waals surface area contributed by atoms with E-state index >= 15 is 0 Å². The number of carbonyl (C=O) groups is 2. The van der Waals surface area contributed by atoms with Gasteiger partial charge in [-0.15, -0.1) is 11.3 Å². The molecular formula is C17H20N4O3S. The Balaban J connectivity index is 1.50. The van der Waals surface area contributed by atoms with Gasteiger partial charge in [0, 0.05) is 31.1 Å². The topological polar surface area (TPSA) is 86.6 Å². The van der Waals surface area contributed by atoms with Crippen molar-refractivity contribution in [1.29, 1.82) is 0 Å². The Morgan fingerprint density at radius 3 is 2.56 bits per heavy atom. The number of thiophene rings is 1. The molecular weight excluding hydrogens is 340 g/mol. The fourth-order valence-corrected chi connectivity index (χ4v) is 4.32. The SMILES string of the molecule is CCc1cc2c(N3CCN(C(=O)C4(C(=O)O)CC4)CC3)ncnc2s1. The maximum absolute atomic E-state index is 12.5. The van der Waals surface area contributed by atoms with Crippen molar-refractivity contribution >= 4 is 39.2 Å². The van der Waals surface area contributed by atoms with Crippen LogP contribution in [0.15, 0.2) is 12.4 Å². The third kappa shape index (κ3) is 2.64. The average Bonchev–Trinajstić information content (AvgIpc) is 3.34. The summed E-state index contributed by atoms with van der Waals surface area (Å²) in [4.78, 5) is 38.8. The van der Waals surface area contributed by atoms with E-state index in [4.69, 9.17) is 0 Å². The average molecular weight is 360 g/mol. The first-order chi connectivity index (χ1) is 12.0. The molecule has 0 unspecified atom stereocenters. The molecule has 3 heterocycles. The highest BCUT2D eigenvalue weighted by atomic mass is 32.1. The number of fused-ring (bicyclic) bond motifs is 1. The molecule has 0 atom stereocenters. The fourth-order valence-electron chi connectivity index (χ4n) is 3.39. The van der Waals surface area contributed by atoms with Gasteiger partial charge in [-0.2, -0.15) is 0 Å². The Kier molecular flexibility index (Phi) is 3.87. The molecule has 25 heavy (non-hydrogen) atoms. The van der Waals surface area contributed by atoms with Crippen LogP contribution in [0.25, 0.3) is 10.2 Å². The summed E-state index contributed by atoms with van der Waals surface area (Å²) in [7, 11) is 0. The lowest BCUT2D eigenvalue weighted by Crippen LogP contribution is -2.52. The third-order valence-corrected chi connectivity index (χ3v) is 6.33. The minimum absolute atomic E-state index is 0.226. The maximum atomic E-state index is 12.5. The molecule has 0 aromatic carbocycles. The van der Waals surface area contributed by atoms with Gasteiger partial charge in [-0.05, 0) is 25.3 Å². The number of anilines is 1. The zero-order valence-electron chi connectivity index (χ0n) is 14.1. The van der Waals surface area contributed by atoms with Crippen molar-refractivity contribution in [2.24, 2.45) is 5.41 Å². The van der Waals surface area contributed by atoms with Crippen LogP contribution in [0.5, 0.6) is 0 Å². The smallest absolute Gasteiger partial charge is 0.319 e. The number of amides is 1. The lowest BCUT2D eigenvalue weighted by Gasteiger charge is -2.36.